The van der Waals surface area contributed by atoms with Crippen LogP contribution in [0.2, 0.25) is 5.02 Å². The SMILES string of the molecule is COC(=O)c1ccc(S(=O)(=O)N[C@H](C)[C@H]2CCCO2)c(Cl)c1. The Hall–Kier alpha value is -1.15. The third-order valence-corrected chi connectivity index (χ3v) is 5.55. The maximum atomic E-state index is 12.4. The molecule has 0 radical (unpaired) electrons. The molecule has 1 aliphatic rings. The van der Waals surface area contributed by atoms with Gasteiger partial charge in [-0.3, -0.25) is 0 Å². The summed E-state index contributed by atoms with van der Waals surface area (Å²) in [6, 6.07) is 3.57. The number of hydrogen-bond donors (Lipinski definition) is 1. The summed E-state index contributed by atoms with van der Waals surface area (Å²) < 4.78 is 37.4. The van der Waals surface area contributed by atoms with Crippen LogP contribution in [-0.4, -0.2) is 40.2 Å². The highest BCUT2D eigenvalue weighted by Gasteiger charge is 2.28. The molecule has 0 aromatic heterocycles. The first-order valence-corrected chi connectivity index (χ1v) is 8.73. The molecular formula is C14H18ClNO5S. The quantitative estimate of drug-likeness (QED) is 0.823. The molecule has 122 valence electrons. The predicted molar refractivity (Wildman–Crippen MR) is 81.5 cm³/mol. The predicted octanol–water partition coefficient (Wildman–Crippen LogP) is 1.97. The number of esters is 1. The van der Waals surface area contributed by atoms with Crippen molar-refractivity contribution in [2.75, 3.05) is 13.7 Å². The van der Waals surface area contributed by atoms with Gasteiger partial charge in [0.15, 0.2) is 0 Å². The summed E-state index contributed by atoms with van der Waals surface area (Å²) >= 11 is 6.00. The Morgan fingerprint density at radius 2 is 2.23 bits per heavy atom. The second kappa shape index (κ2) is 6.95. The minimum atomic E-state index is -3.79. The van der Waals surface area contributed by atoms with Gasteiger partial charge in [-0.2, -0.15) is 0 Å². The molecule has 8 heteroatoms. The van der Waals surface area contributed by atoms with Crippen LogP contribution in [0.3, 0.4) is 0 Å². The van der Waals surface area contributed by atoms with Gasteiger partial charge in [0.25, 0.3) is 0 Å². The molecule has 1 saturated heterocycles. The molecule has 0 unspecified atom stereocenters. The van der Waals surface area contributed by atoms with E-state index in [0.717, 1.165) is 12.8 Å². The van der Waals surface area contributed by atoms with E-state index in [1.807, 2.05) is 0 Å². The number of rotatable bonds is 5. The summed E-state index contributed by atoms with van der Waals surface area (Å²) in [6.45, 7) is 2.40. The normalized spacial score (nSPS) is 19.9. The molecule has 1 fully saturated rings. The van der Waals surface area contributed by atoms with Crippen LogP contribution in [0.1, 0.15) is 30.1 Å². The van der Waals surface area contributed by atoms with E-state index in [1.165, 1.54) is 25.3 Å². The van der Waals surface area contributed by atoms with E-state index in [2.05, 4.69) is 9.46 Å². The largest absolute Gasteiger partial charge is 0.465 e. The highest BCUT2D eigenvalue weighted by molar-refractivity contribution is 7.89. The van der Waals surface area contributed by atoms with Crippen LogP contribution in [0.4, 0.5) is 0 Å². The molecule has 1 heterocycles. The lowest BCUT2D eigenvalue weighted by Gasteiger charge is -2.20. The topological polar surface area (TPSA) is 81.7 Å². The lowest BCUT2D eigenvalue weighted by Crippen LogP contribution is -2.40. The van der Waals surface area contributed by atoms with E-state index in [-0.39, 0.29) is 27.6 Å². The number of benzene rings is 1. The molecule has 22 heavy (non-hydrogen) atoms. The fourth-order valence-corrected chi connectivity index (χ4v) is 4.16. The van der Waals surface area contributed by atoms with Crippen molar-refractivity contribution in [3.63, 3.8) is 0 Å². The summed E-state index contributed by atoms with van der Waals surface area (Å²) in [7, 11) is -2.55. The molecule has 0 amide bonds. The van der Waals surface area contributed by atoms with Gasteiger partial charge in [-0.05, 0) is 38.0 Å². The van der Waals surface area contributed by atoms with Crippen LogP contribution in [0, 0.1) is 0 Å². The zero-order chi connectivity index (χ0) is 16.3. The maximum Gasteiger partial charge on any atom is 0.337 e. The van der Waals surface area contributed by atoms with E-state index >= 15 is 0 Å². The number of ether oxygens (including phenoxy) is 2. The van der Waals surface area contributed by atoms with Gasteiger partial charge < -0.3 is 9.47 Å². The Balaban J connectivity index is 2.20. The summed E-state index contributed by atoms with van der Waals surface area (Å²) in [6.07, 6.45) is 1.60. The lowest BCUT2D eigenvalue weighted by atomic mass is 10.1. The van der Waals surface area contributed by atoms with Gasteiger partial charge in [-0.1, -0.05) is 11.6 Å². The van der Waals surface area contributed by atoms with E-state index < -0.39 is 16.0 Å². The molecule has 1 aromatic carbocycles. The number of nitrogens with one attached hydrogen (secondary N) is 1. The number of hydrogen-bond acceptors (Lipinski definition) is 5. The number of methoxy groups -OCH3 is 1. The number of sulfonamides is 1. The number of halogens is 1. The standard InChI is InChI=1S/C14H18ClNO5S/c1-9(12-4-3-7-21-12)16-22(18,19)13-6-5-10(8-11(13)15)14(17)20-2/h5-6,8-9,12,16H,3-4,7H2,1-2H3/t9-,12-/m1/s1. The van der Waals surface area contributed by atoms with Crippen molar-refractivity contribution in [3.8, 4) is 0 Å². The summed E-state index contributed by atoms with van der Waals surface area (Å²) in [5.74, 6) is -0.577. The molecule has 0 bridgehead atoms. The molecule has 0 aliphatic carbocycles. The Kier molecular flexibility index (Phi) is 5.44. The zero-order valence-corrected chi connectivity index (χ0v) is 13.9. The first-order chi connectivity index (χ1) is 10.3. The van der Waals surface area contributed by atoms with Gasteiger partial charge in [0.05, 0.1) is 23.8 Å². The average molecular weight is 348 g/mol. The second-order valence-corrected chi connectivity index (χ2v) is 7.19. The molecule has 0 spiro atoms. The Bertz CT molecular complexity index is 655. The summed E-state index contributed by atoms with van der Waals surface area (Å²) in [5.41, 5.74) is 0.193. The maximum absolute atomic E-state index is 12.4. The first-order valence-electron chi connectivity index (χ1n) is 6.87. The second-order valence-electron chi connectivity index (χ2n) is 5.10. The first kappa shape index (κ1) is 17.2. The van der Waals surface area contributed by atoms with Crippen LogP contribution in [0.5, 0.6) is 0 Å². The van der Waals surface area contributed by atoms with Crippen molar-refractivity contribution in [1.82, 2.24) is 4.72 Å². The number of carbonyl (C=O) groups excluding carboxylic acids is 1. The minimum Gasteiger partial charge on any atom is -0.465 e. The fraction of sp³-hybridized carbons (Fsp3) is 0.500. The monoisotopic (exact) mass is 347 g/mol. The third-order valence-electron chi connectivity index (χ3n) is 3.51. The van der Waals surface area contributed by atoms with Crippen molar-refractivity contribution in [3.05, 3.63) is 28.8 Å². The van der Waals surface area contributed by atoms with Crippen molar-refractivity contribution < 1.29 is 22.7 Å². The van der Waals surface area contributed by atoms with Crippen LogP contribution in [0.15, 0.2) is 23.1 Å². The lowest BCUT2D eigenvalue weighted by molar-refractivity contribution is 0.0600. The van der Waals surface area contributed by atoms with Crippen LogP contribution in [0.25, 0.3) is 0 Å². The van der Waals surface area contributed by atoms with Crippen LogP contribution < -0.4 is 4.72 Å². The molecule has 0 saturated carbocycles. The summed E-state index contributed by atoms with van der Waals surface area (Å²) in [5, 5.41) is -0.0325. The van der Waals surface area contributed by atoms with Gasteiger partial charge in [0, 0.05) is 12.6 Å². The Morgan fingerprint density at radius 3 is 2.77 bits per heavy atom. The van der Waals surface area contributed by atoms with E-state index in [9.17, 15) is 13.2 Å². The highest BCUT2D eigenvalue weighted by atomic mass is 35.5. The van der Waals surface area contributed by atoms with E-state index in [4.69, 9.17) is 16.3 Å². The molecule has 6 nitrogen and oxygen atoms in total. The highest BCUT2D eigenvalue weighted by Crippen LogP contribution is 2.24. The van der Waals surface area contributed by atoms with Crippen molar-refractivity contribution >= 4 is 27.6 Å². The van der Waals surface area contributed by atoms with Crippen LogP contribution in [-0.2, 0) is 19.5 Å². The third kappa shape index (κ3) is 3.78. The minimum absolute atomic E-state index is 0.0325. The smallest absolute Gasteiger partial charge is 0.337 e. The molecular weight excluding hydrogens is 330 g/mol. The van der Waals surface area contributed by atoms with E-state index in [0.29, 0.717) is 6.61 Å². The van der Waals surface area contributed by atoms with E-state index in [1.54, 1.807) is 6.92 Å². The van der Waals surface area contributed by atoms with Gasteiger partial charge in [0.1, 0.15) is 4.90 Å². The Morgan fingerprint density at radius 1 is 1.50 bits per heavy atom. The zero-order valence-electron chi connectivity index (χ0n) is 12.3. The molecule has 2 rings (SSSR count). The average Bonchev–Trinajstić information content (AvgIpc) is 2.99. The Labute approximate surface area is 134 Å². The molecule has 1 N–H and O–H groups in total. The number of carbonyl (C=O) groups is 1. The van der Waals surface area contributed by atoms with Crippen molar-refractivity contribution in [2.45, 2.75) is 36.8 Å². The van der Waals surface area contributed by atoms with Gasteiger partial charge in [0.2, 0.25) is 10.0 Å². The molecule has 1 aromatic rings. The fourth-order valence-electron chi connectivity index (χ4n) is 2.34. The van der Waals surface area contributed by atoms with Crippen molar-refractivity contribution in [1.29, 1.82) is 0 Å². The van der Waals surface area contributed by atoms with Gasteiger partial charge >= 0.3 is 5.97 Å². The van der Waals surface area contributed by atoms with Gasteiger partial charge in [-0.15, -0.1) is 0 Å². The van der Waals surface area contributed by atoms with Crippen molar-refractivity contribution in [2.24, 2.45) is 0 Å². The van der Waals surface area contributed by atoms with Gasteiger partial charge in [-0.25, -0.2) is 17.9 Å². The molecule has 2 atom stereocenters. The molecule has 1 aliphatic heterocycles. The summed E-state index contributed by atoms with van der Waals surface area (Å²) in [4.78, 5) is 11.3. The van der Waals surface area contributed by atoms with Crippen LogP contribution >= 0.6 is 11.6 Å².